The summed E-state index contributed by atoms with van der Waals surface area (Å²) < 4.78 is 19.2. The summed E-state index contributed by atoms with van der Waals surface area (Å²) in [5.41, 5.74) is 0. The molecule has 0 bridgehead atoms. The Bertz CT molecular complexity index is 349. The van der Waals surface area contributed by atoms with Crippen molar-refractivity contribution >= 4 is 27.5 Å². The van der Waals surface area contributed by atoms with Crippen molar-refractivity contribution < 1.29 is 9.13 Å². The number of halogens is 3. The minimum Gasteiger partial charge on any atom is -0.492 e. The molecule has 0 saturated heterocycles. The van der Waals surface area contributed by atoms with Gasteiger partial charge in [-0.25, -0.2) is 4.39 Å². The zero-order valence-corrected chi connectivity index (χ0v) is 11.4. The van der Waals surface area contributed by atoms with Crippen LogP contribution in [0.4, 0.5) is 4.39 Å². The maximum Gasteiger partial charge on any atom is 0.145 e. The molecule has 0 aliphatic carbocycles. The molecule has 0 spiro atoms. The molecule has 1 aromatic rings. The molecule has 1 aromatic carbocycles. The van der Waals surface area contributed by atoms with Crippen molar-refractivity contribution in [3.8, 4) is 5.75 Å². The molecule has 0 aliphatic heterocycles. The van der Waals surface area contributed by atoms with Crippen LogP contribution in [0, 0.1) is 5.82 Å². The second-order valence-electron chi connectivity index (χ2n) is 3.25. The number of hydrogen-bond acceptors (Lipinski definition) is 2. The zero-order chi connectivity index (χ0) is 12.0. The molecule has 90 valence electrons. The average Bonchev–Trinajstić information content (AvgIpc) is 2.25. The van der Waals surface area contributed by atoms with E-state index in [0.29, 0.717) is 16.8 Å². The second-order valence-corrected chi connectivity index (χ2v) is 4.51. The predicted octanol–water partition coefficient (Wildman–Crippen LogP) is 3.62. The van der Waals surface area contributed by atoms with Crippen molar-refractivity contribution in [1.29, 1.82) is 0 Å². The molecule has 5 heteroatoms. The lowest BCUT2D eigenvalue weighted by Gasteiger charge is -2.09. The van der Waals surface area contributed by atoms with Crippen molar-refractivity contribution in [3.63, 3.8) is 0 Å². The van der Waals surface area contributed by atoms with Crippen LogP contribution in [0.5, 0.6) is 5.75 Å². The number of nitrogens with one attached hydrogen (secondary N) is 1. The molecule has 0 atom stereocenters. The smallest absolute Gasteiger partial charge is 0.145 e. The standard InChI is InChI=1S/C11H14BrClFNO/c1-2-15-4-3-5-16-11-7-10(14)9(13)6-8(11)12/h6-7,15H,2-5H2,1H3. The van der Waals surface area contributed by atoms with E-state index in [1.807, 2.05) is 6.92 Å². The van der Waals surface area contributed by atoms with Crippen molar-refractivity contribution in [2.45, 2.75) is 13.3 Å². The zero-order valence-electron chi connectivity index (χ0n) is 9.03. The van der Waals surface area contributed by atoms with Gasteiger partial charge in [-0.1, -0.05) is 18.5 Å². The fourth-order valence-electron chi connectivity index (χ4n) is 1.17. The van der Waals surface area contributed by atoms with Gasteiger partial charge >= 0.3 is 0 Å². The van der Waals surface area contributed by atoms with Gasteiger partial charge in [0.15, 0.2) is 0 Å². The summed E-state index contributed by atoms with van der Waals surface area (Å²) >= 11 is 8.89. The first kappa shape index (κ1) is 13.7. The van der Waals surface area contributed by atoms with Crippen LogP contribution in [-0.4, -0.2) is 19.7 Å². The number of hydrogen-bond donors (Lipinski definition) is 1. The Labute approximate surface area is 108 Å². The van der Waals surface area contributed by atoms with Crippen LogP contribution in [-0.2, 0) is 0 Å². The largest absolute Gasteiger partial charge is 0.492 e. The Morgan fingerprint density at radius 1 is 1.50 bits per heavy atom. The number of rotatable bonds is 6. The molecule has 0 amide bonds. The Morgan fingerprint density at radius 2 is 2.25 bits per heavy atom. The van der Waals surface area contributed by atoms with Crippen LogP contribution in [0.25, 0.3) is 0 Å². The molecule has 0 heterocycles. The number of benzene rings is 1. The molecule has 1 N–H and O–H groups in total. The second kappa shape index (κ2) is 7.09. The maximum atomic E-state index is 13.1. The fraction of sp³-hybridized carbons (Fsp3) is 0.455. The van der Waals surface area contributed by atoms with E-state index in [4.69, 9.17) is 16.3 Å². The van der Waals surface area contributed by atoms with Gasteiger partial charge in [-0.15, -0.1) is 0 Å². The first-order valence-corrected chi connectivity index (χ1v) is 6.30. The molecule has 0 unspecified atom stereocenters. The van der Waals surface area contributed by atoms with Gasteiger partial charge in [0.1, 0.15) is 11.6 Å². The highest BCUT2D eigenvalue weighted by molar-refractivity contribution is 9.10. The van der Waals surface area contributed by atoms with E-state index in [9.17, 15) is 4.39 Å². The van der Waals surface area contributed by atoms with Gasteiger partial charge in [0, 0.05) is 6.07 Å². The third-order valence-electron chi connectivity index (χ3n) is 1.98. The van der Waals surface area contributed by atoms with E-state index in [0.717, 1.165) is 19.5 Å². The molecule has 0 radical (unpaired) electrons. The third kappa shape index (κ3) is 4.28. The van der Waals surface area contributed by atoms with E-state index in [1.54, 1.807) is 0 Å². The molecular weight excluding hydrogens is 296 g/mol. The Hall–Kier alpha value is -0.320. The Morgan fingerprint density at radius 3 is 2.94 bits per heavy atom. The lowest BCUT2D eigenvalue weighted by atomic mass is 10.3. The summed E-state index contributed by atoms with van der Waals surface area (Å²) in [6.07, 6.45) is 0.879. The number of ether oxygens (including phenoxy) is 1. The van der Waals surface area contributed by atoms with Crippen molar-refractivity contribution in [3.05, 3.63) is 27.4 Å². The highest BCUT2D eigenvalue weighted by atomic mass is 79.9. The van der Waals surface area contributed by atoms with Crippen LogP contribution < -0.4 is 10.1 Å². The molecule has 0 saturated carbocycles. The quantitative estimate of drug-likeness (QED) is 0.640. The van der Waals surface area contributed by atoms with Gasteiger partial charge in [0.25, 0.3) is 0 Å². The van der Waals surface area contributed by atoms with Crippen LogP contribution in [0.15, 0.2) is 16.6 Å². The minimum atomic E-state index is -0.466. The third-order valence-corrected chi connectivity index (χ3v) is 2.89. The predicted molar refractivity (Wildman–Crippen MR) is 67.8 cm³/mol. The lowest BCUT2D eigenvalue weighted by molar-refractivity contribution is 0.305. The molecule has 0 aromatic heterocycles. The summed E-state index contributed by atoms with van der Waals surface area (Å²) in [5.74, 6) is 0.0185. The van der Waals surface area contributed by atoms with E-state index < -0.39 is 5.82 Å². The van der Waals surface area contributed by atoms with Gasteiger partial charge in [0.2, 0.25) is 0 Å². The summed E-state index contributed by atoms with van der Waals surface area (Å²) in [5, 5.41) is 3.27. The van der Waals surface area contributed by atoms with Crippen LogP contribution in [0.3, 0.4) is 0 Å². The van der Waals surface area contributed by atoms with E-state index >= 15 is 0 Å². The first-order valence-electron chi connectivity index (χ1n) is 5.13. The average molecular weight is 311 g/mol. The molecule has 1 rings (SSSR count). The van der Waals surface area contributed by atoms with Crippen LogP contribution in [0.1, 0.15) is 13.3 Å². The van der Waals surface area contributed by atoms with Gasteiger partial charge in [0.05, 0.1) is 16.1 Å². The fourth-order valence-corrected chi connectivity index (χ4v) is 1.92. The summed E-state index contributed by atoms with van der Waals surface area (Å²) in [6, 6.07) is 2.79. The lowest BCUT2D eigenvalue weighted by Crippen LogP contribution is -2.16. The van der Waals surface area contributed by atoms with Gasteiger partial charge in [-0.3, -0.25) is 0 Å². The van der Waals surface area contributed by atoms with Crippen molar-refractivity contribution in [2.24, 2.45) is 0 Å². The normalized spacial score (nSPS) is 10.5. The van der Waals surface area contributed by atoms with Crippen LogP contribution in [0.2, 0.25) is 5.02 Å². The Kier molecular flexibility index (Phi) is 6.09. The highest BCUT2D eigenvalue weighted by Gasteiger charge is 2.07. The van der Waals surface area contributed by atoms with Gasteiger partial charge in [-0.05, 0) is 41.5 Å². The molecular formula is C11H14BrClFNO. The SMILES string of the molecule is CCNCCCOc1cc(F)c(Cl)cc1Br. The molecule has 2 nitrogen and oxygen atoms in total. The summed E-state index contributed by atoms with van der Waals surface area (Å²) in [6.45, 7) is 4.43. The highest BCUT2D eigenvalue weighted by Crippen LogP contribution is 2.30. The van der Waals surface area contributed by atoms with E-state index in [1.165, 1.54) is 12.1 Å². The van der Waals surface area contributed by atoms with E-state index in [2.05, 4.69) is 21.2 Å². The van der Waals surface area contributed by atoms with Crippen molar-refractivity contribution in [1.82, 2.24) is 5.32 Å². The molecule has 0 fully saturated rings. The van der Waals surface area contributed by atoms with Crippen molar-refractivity contribution in [2.75, 3.05) is 19.7 Å². The van der Waals surface area contributed by atoms with E-state index in [-0.39, 0.29) is 5.02 Å². The topological polar surface area (TPSA) is 21.3 Å². The van der Waals surface area contributed by atoms with Gasteiger partial charge in [-0.2, -0.15) is 0 Å². The minimum absolute atomic E-state index is 0.0897. The monoisotopic (exact) mass is 309 g/mol. The summed E-state index contributed by atoms with van der Waals surface area (Å²) in [7, 11) is 0. The maximum absolute atomic E-state index is 13.1. The van der Waals surface area contributed by atoms with Gasteiger partial charge < -0.3 is 10.1 Å². The molecule has 16 heavy (non-hydrogen) atoms. The van der Waals surface area contributed by atoms with Crippen LogP contribution >= 0.6 is 27.5 Å². The Balaban J connectivity index is 2.45. The molecule has 0 aliphatic rings. The first-order chi connectivity index (χ1) is 7.65. The summed E-state index contributed by atoms with van der Waals surface area (Å²) in [4.78, 5) is 0.